The Morgan fingerprint density at radius 2 is 1.92 bits per heavy atom. The zero-order chi connectivity index (χ0) is 25.3. The van der Waals surface area contributed by atoms with Gasteiger partial charge >= 0.3 is 12.1 Å². The fraction of sp³-hybridized carbons (Fsp3) is 0.333. The van der Waals surface area contributed by atoms with Crippen molar-refractivity contribution in [2.75, 3.05) is 28.2 Å². The van der Waals surface area contributed by atoms with Gasteiger partial charge in [-0.1, -0.05) is 18.2 Å². The molecule has 9 nitrogen and oxygen atoms in total. The summed E-state index contributed by atoms with van der Waals surface area (Å²) >= 11 is 0. The van der Waals surface area contributed by atoms with E-state index in [0.29, 0.717) is 18.1 Å². The van der Waals surface area contributed by atoms with Gasteiger partial charge in [-0.2, -0.15) is 0 Å². The van der Waals surface area contributed by atoms with Crippen LogP contribution in [0.1, 0.15) is 32.8 Å². The number of nitrogens with zero attached hydrogens (tertiary/aromatic N) is 4. The molecule has 36 heavy (non-hydrogen) atoms. The number of carbonyl (C=O) groups is 2. The van der Waals surface area contributed by atoms with E-state index >= 15 is 0 Å². The van der Waals surface area contributed by atoms with Gasteiger partial charge in [0.15, 0.2) is 5.82 Å². The first kappa shape index (κ1) is 23.6. The molecule has 4 heterocycles. The number of benzene rings is 1. The van der Waals surface area contributed by atoms with Crippen molar-refractivity contribution in [2.45, 2.75) is 45.4 Å². The fourth-order valence-electron chi connectivity index (χ4n) is 4.58. The molecule has 2 aliphatic heterocycles. The van der Waals surface area contributed by atoms with Crippen molar-refractivity contribution in [1.82, 2.24) is 15.3 Å². The van der Waals surface area contributed by atoms with Crippen LogP contribution in [0.4, 0.5) is 26.8 Å². The molecule has 0 saturated carbocycles. The molecule has 0 spiro atoms. The Balaban J connectivity index is 1.39. The van der Waals surface area contributed by atoms with E-state index in [4.69, 9.17) is 9.72 Å². The van der Waals surface area contributed by atoms with Gasteiger partial charge in [0.05, 0.1) is 17.4 Å². The van der Waals surface area contributed by atoms with Crippen molar-refractivity contribution in [2.24, 2.45) is 0 Å². The molecule has 2 bridgehead atoms. The number of alkyl carbamates (subject to hydrolysis) is 1. The van der Waals surface area contributed by atoms with E-state index in [2.05, 4.69) is 20.5 Å². The average molecular weight is 487 g/mol. The van der Waals surface area contributed by atoms with E-state index in [9.17, 15) is 9.59 Å². The molecule has 2 aliphatic rings. The molecule has 0 radical (unpaired) electrons. The van der Waals surface area contributed by atoms with Gasteiger partial charge < -0.3 is 20.3 Å². The number of carbonyl (C=O) groups excluding carboxylic acids is 2. The third kappa shape index (κ3) is 5.10. The summed E-state index contributed by atoms with van der Waals surface area (Å²) in [6.07, 6.45) is 3.73. The van der Waals surface area contributed by atoms with Crippen LogP contribution in [0.5, 0.6) is 0 Å². The van der Waals surface area contributed by atoms with Gasteiger partial charge in [0.25, 0.3) is 0 Å². The summed E-state index contributed by atoms with van der Waals surface area (Å²) in [5, 5.41) is 5.78. The van der Waals surface area contributed by atoms with Crippen molar-refractivity contribution >= 4 is 29.3 Å². The Labute approximate surface area is 210 Å². The van der Waals surface area contributed by atoms with Gasteiger partial charge in [0, 0.05) is 43.3 Å². The average Bonchev–Trinajstić information content (AvgIpc) is 3.26. The Morgan fingerprint density at radius 3 is 2.69 bits per heavy atom. The molecule has 1 atom stereocenters. The molecule has 0 unspecified atom stereocenters. The third-order valence-corrected chi connectivity index (χ3v) is 6.16. The molecule has 186 valence electrons. The maximum Gasteiger partial charge on any atom is 0.407 e. The van der Waals surface area contributed by atoms with E-state index in [-0.39, 0.29) is 12.1 Å². The van der Waals surface area contributed by atoms with Gasteiger partial charge in [-0.25, -0.2) is 14.6 Å². The van der Waals surface area contributed by atoms with E-state index < -0.39 is 11.7 Å². The summed E-state index contributed by atoms with van der Waals surface area (Å²) < 4.78 is 5.33. The van der Waals surface area contributed by atoms with Crippen molar-refractivity contribution in [1.29, 1.82) is 0 Å². The first-order valence-corrected chi connectivity index (χ1v) is 12.1. The lowest BCUT2D eigenvalue weighted by molar-refractivity contribution is 0.0523. The number of hydrogen-bond donors (Lipinski definition) is 2. The molecule has 1 fully saturated rings. The number of rotatable bonds is 4. The number of hydrogen-bond acceptors (Lipinski definition) is 6. The number of anilines is 3. The molecule has 3 aromatic rings. The number of fused-ring (bicyclic) bond motifs is 4. The Bertz CT molecular complexity index is 1270. The Hall–Kier alpha value is -4.14. The number of aromatic nitrogens is 2. The minimum absolute atomic E-state index is 0.0615. The predicted octanol–water partition coefficient (Wildman–Crippen LogP) is 4.80. The monoisotopic (exact) mass is 486 g/mol. The van der Waals surface area contributed by atoms with Crippen LogP contribution in [-0.4, -0.2) is 46.8 Å². The summed E-state index contributed by atoms with van der Waals surface area (Å²) in [4.78, 5) is 38.4. The van der Waals surface area contributed by atoms with Crippen molar-refractivity contribution in [3.8, 4) is 11.3 Å². The van der Waals surface area contributed by atoms with Gasteiger partial charge in [-0.3, -0.25) is 9.88 Å². The van der Waals surface area contributed by atoms with Crippen LogP contribution in [0.15, 0.2) is 60.9 Å². The molecule has 3 amide bonds. The molecular weight excluding hydrogens is 456 g/mol. The lowest BCUT2D eigenvalue weighted by Crippen LogP contribution is -2.48. The van der Waals surface area contributed by atoms with Crippen molar-refractivity contribution in [3.05, 3.63) is 66.5 Å². The lowest BCUT2D eigenvalue weighted by atomic mass is 10.1. The first-order valence-electron chi connectivity index (χ1n) is 12.1. The van der Waals surface area contributed by atoms with Crippen molar-refractivity contribution in [3.63, 3.8) is 0 Å². The van der Waals surface area contributed by atoms with Gasteiger partial charge in [0.1, 0.15) is 5.60 Å². The number of amides is 3. The molecule has 1 saturated heterocycles. The topological polar surface area (TPSA) is 99.7 Å². The first-order chi connectivity index (χ1) is 17.3. The van der Waals surface area contributed by atoms with Crippen LogP contribution in [-0.2, 0) is 11.3 Å². The highest BCUT2D eigenvalue weighted by atomic mass is 16.6. The van der Waals surface area contributed by atoms with Crippen LogP contribution in [0, 0.1) is 0 Å². The van der Waals surface area contributed by atoms with Gasteiger partial charge in [-0.05, 0) is 63.1 Å². The summed E-state index contributed by atoms with van der Waals surface area (Å²) in [5.74, 6) is 0.657. The number of urea groups is 1. The molecule has 9 heteroatoms. The zero-order valence-corrected chi connectivity index (χ0v) is 20.7. The summed E-state index contributed by atoms with van der Waals surface area (Å²) in [5.41, 5.74) is 3.69. The highest BCUT2D eigenvalue weighted by Crippen LogP contribution is 2.40. The third-order valence-electron chi connectivity index (χ3n) is 6.16. The van der Waals surface area contributed by atoms with Crippen LogP contribution in [0.2, 0.25) is 0 Å². The molecule has 0 aliphatic carbocycles. The Kier molecular flexibility index (Phi) is 6.22. The zero-order valence-electron chi connectivity index (χ0n) is 20.7. The quantitative estimate of drug-likeness (QED) is 0.550. The molecule has 2 aromatic heterocycles. The highest BCUT2D eigenvalue weighted by molar-refractivity contribution is 6.04. The molecular formula is C27H30N6O3. The number of ether oxygens (including phenoxy) is 1. The maximum absolute atomic E-state index is 13.4. The molecule has 5 rings (SSSR count). The van der Waals surface area contributed by atoms with E-state index in [1.54, 1.807) is 29.4 Å². The normalized spacial score (nSPS) is 16.4. The van der Waals surface area contributed by atoms with E-state index in [0.717, 1.165) is 42.0 Å². The Morgan fingerprint density at radius 1 is 1.11 bits per heavy atom. The van der Waals surface area contributed by atoms with E-state index in [1.807, 2.05) is 57.2 Å². The summed E-state index contributed by atoms with van der Waals surface area (Å²) in [7, 11) is 0. The second-order valence-corrected chi connectivity index (χ2v) is 10.0. The van der Waals surface area contributed by atoms with Crippen LogP contribution in [0.3, 0.4) is 0 Å². The standard InChI is InChI=1S/C27H30N6O3/c1-27(2,3)36-26(35)29-16-18-5-4-6-19(15-18)22-7-8-23-24(31-22)33(21-11-14-32(23)17-21)25(34)30-20-9-12-28-13-10-20/h4-10,12-13,15,21H,11,14,16-17H2,1-3H3,(H,29,35)(H,28,30,34)/t21-/m0/s1. The number of nitrogens with one attached hydrogen (secondary N) is 2. The minimum atomic E-state index is -0.552. The van der Waals surface area contributed by atoms with Gasteiger partial charge in [-0.15, -0.1) is 0 Å². The van der Waals surface area contributed by atoms with Gasteiger partial charge in [0.2, 0.25) is 0 Å². The maximum atomic E-state index is 13.4. The second-order valence-electron chi connectivity index (χ2n) is 10.0. The minimum Gasteiger partial charge on any atom is -0.444 e. The van der Waals surface area contributed by atoms with Crippen molar-refractivity contribution < 1.29 is 14.3 Å². The fourth-order valence-corrected chi connectivity index (χ4v) is 4.58. The highest BCUT2D eigenvalue weighted by Gasteiger charge is 2.40. The van der Waals surface area contributed by atoms with E-state index in [1.165, 1.54) is 0 Å². The number of pyridine rings is 2. The van der Waals surface area contributed by atoms with Crippen LogP contribution in [0.25, 0.3) is 11.3 Å². The lowest BCUT2D eigenvalue weighted by Gasteiger charge is -2.36. The predicted molar refractivity (Wildman–Crippen MR) is 139 cm³/mol. The smallest absolute Gasteiger partial charge is 0.407 e. The van der Waals surface area contributed by atoms with Crippen LogP contribution < -0.4 is 20.4 Å². The summed E-state index contributed by atoms with van der Waals surface area (Å²) in [6, 6.07) is 15.3. The second kappa shape index (κ2) is 9.49. The van der Waals surface area contributed by atoms with Crippen LogP contribution >= 0.6 is 0 Å². The molecule has 2 N–H and O–H groups in total. The molecule has 1 aromatic carbocycles. The summed E-state index contributed by atoms with van der Waals surface area (Å²) in [6.45, 7) is 7.52. The SMILES string of the molecule is CC(C)(C)OC(=O)NCc1cccc(-c2ccc3c(n2)N(C(=O)Nc2ccncc2)[C@H]2CCN3C2)c1. The largest absolute Gasteiger partial charge is 0.444 e.